The molecule has 7 heteroatoms. The first-order valence-corrected chi connectivity index (χ1v) is 6.19. The maximum absolute atomic E-state index is 11.9. The van der Waals surface area contributed by atoms with Gasteiger partial charge in [-0.3, -0.25) is 9.59 Å². The fourth-order valence-corrected chi connectivity index (χ4v) is 3.34. The van der Waals surface area contributed by atoms with Gasteiger partial charge in [-0.25, -0.2) is 0 Å². The van der Waals surface area contributed by atoms with Crippen LogP contribution in [0.2, 0.25) is 0 Å². The van der Waals surface area contributed by atoms with Crippen LogP contribution in [0.15, 0.2) is 0 Å². The third kappa shape index (κ3) is 2.55. The highest BCUT2D eigenvalue weighted by atomic mass is 28.4. The van der Waals surface area contributed by atoms with Crippen LogP contribution in [0, 0.1) is 0 Å². The lowest BCUT2D eigenvalue weighted by molar-refractivity contribution is 0.186. The van der Waals surface area contributed by atoms with E-state index in [4.69, 9.17) is 8.85 Å². The van der Waals surface area contributed by atoms with E-state index in [1.165, 1.54) is 24.0 Å². The Balaban J connectivity index is 5.22. The molecule has 0 atom stereocenters. The first-order chi connectivity index (χ1) is 6.83. The molecule has 0 aliphatic carbocycles. The molecule has 15 heavy (non-hydrogen) atoms. The van der Waals surface area contributed by atoms with Crippen molar-refractivity contribution in [3.05, 3.63) is 0 Å². The average molecular weight is 234 g/mol. The minimum atomic E-state index is -3.50. The molecule has 0 aromatic heterocycles. The molecule has 0 bridgehead atoms. The fourth-order valence-electron chi connectivity index (χ4n) is 1.11. The molecule has 0 aromatic carbocycles. The molecule has 0 N–H and O–H groups in total. The molecule has 0 fully saturated rings. The van der Waals surface area contributed by atoms with Gasteiger partial charge in [0.15, 0.2) is 0 Å². The zero-order valence-electron chi connectivity index (χ0n) is 10.0. The van der Waals surface area contributed by atoms with Crippen LogP contribution in [-0.4, -0.2) is 71.8 Å². The molecule has 0 radical (unpaired) electrons. The standard InChI is InChI=1S/C8H18N2O4Si/c1-9(2)7(11)15(13-5,14-6)8(12)10(3)4/h1-6H3. The lowest BCUT2D eigenvalue weighted by Crippen LogP contribution is -2.63. The largest absolute Gasteiger partial charge is 0.529 e. The topological polar surface area (TPSA) is 59.1 Å². The minimum absolute atomic E-state index is 0.411. The summed E-state index contributed by atoms with van der Waals surface area (Å²) in [6.07, 6.45) is 0. The number of amides is 2. The van der Waals surface area contributed by atoms with E-state index in [1.54, 1.807) is 28.2 Å². The Morgan fingerprint density at radius 2 is 1.13 bits per heavy atom. The van der Waals surface area contributed by atoms with E-state index in [0.29, 0.717) is 0 Å². The number of hydrogen-bond acceptors (Lipinski definition) is 4. The summed E-state index contributed by atoms with van der Waals surface area (Å²) < 4.78 is 10.1. The van der Waals surface area contributed by atoms with Gasteiger partial charge in [-0.05, 0) is 0 Å². The van der Waals surface area contributed by atoms with Gasteiger partial charge in [-0.2, -0.15) is 0 Å². The van der Waals surface area contributed by atoms with Crippen LogP contribution in [0.1, 0.15) is 0 Å². The predicted octanol–water partition coefficient (Wildman–Crippen LogP) is 0.248. The first-order valence-electron chi connectivity index (χ1n) is 4.37. The quantitative estimate of drug-likeness (QED) is 0.654. The molecule has 0 unspecified atom stereocenters. The van der Waals surface area contributed by atoms with Crippen molar-refractivity contribution in [2.45, 2.75) is 0 Å². The predicted molar refractivity (Wildman–Crippen MR) is 57.9 cm³/mol. The van der Waals surface area contributed by atoms with Gasteiger partial charge in [0, 0.05) is 42.4 Å². The van der Waals surface area contributed by atoms with Gasteiger partial charge in [0.2, 0.25) is 0 Å². The Hall–Kier alpha value is -0.923. The smallest absolute Gasteiger partial charge is 0.386 e. The van der Waals surface area contributed by atoms with E-state index >= 15 is 0 Å². The van der Waals surface area contributed by atoms with E-state index in [9.17, 15) is 9.59 Å². The summed E-state index contributed by atoms with van der Waals surface area (Å²) in [5.74, 6) is 0. The van der Waals surface area contributed by atoms with Crippen LogP contribution in [0.3, 0.4) is 0 Å². The Labute approximate surface area is 91.0 Å². The van der Waals surface area contributed by atoms with Crippen molar-refractivity contribution in [3.63, 3.8) is 0 Å². The third-order valence-electron chi connectivity index (χ3n) is 1.95. The van der Waals surface area contributed by atoms with Gasteiger partial charge < -0.3 is 18.7 Å². The SMILES string of the molecule is CO[Si](OC)(C(=O)N(C)C)C(=O)N(C)C. The number of carbonyl (C=O) groups excluding carboxylic acids is 2. The normalized spacial score (nSPS) is 11.1. The molecule has 0 aliphatic heterocycles. The molecule has 0 aromatic rings. The highest BCUT2D eigenvalue weighted by Crippen LogP contribution is 2.13. The molecule has 0 heterocycles. The van der Waals surface area contributed by atoms with E-state index in [0.717, 1.165) is 0 Å². The fraction of sp³-hybridized carbons (Fsp3) is 0.750. The van der Waals surface area contributed by atoms with Gasteiger partial charge in [-0.1, -0.05) is 0 Å². The first kappa shape index (κ1) is 14.1. The van der Waals surface area contributed by atoms with Gasteiger partial charge in [-0.15, -0.1) is 0 Å². The Kier molecular flexibility index (Phi) is 4.92. The van der Waals surface area contributed by atoms with E-state index in [2.05, 4.69) is 0 Å². The van der Waals surface area contributed by atoms with Crippen molar-refractivity contribution < 1.29 is 18.4 Å². The van der Waals surface area contributed by atoms with Gasteiger partial charge in [0.05, 0.1) is 0 Å². The zero-order valence-corrected chi connectivity index (χ0v) is 11.0. The molecule has 88 valence electrons. The summed E-state index contributed by atoms with van der Waals surface area (Å²) in [6.45, 7) is 0. The molecule has 0 aliphatic rings. The molecular formula is C8H18N2O4Si. The molecule has 0 saturated heterocycles. The third-order valence-corrected chi connectivity index (χ3v) is 5.12. The van der Waals surface area contributed by atoms with Gasteiger partial charge >= 0.3 is 8.56 Å². The molecule has 0 spiro atoms. The molecular weight excluding hydrogens is 216 g/mol. The van der Waals surface area contributed by atoms with Crippen LogP contribution in [0.5, 0.6) is 0 Å². The highest BCUT2D eigenvalue weighted by molar-refractivity contribution is 7.16. The monoisotopic (exact) mass is 234 g/mol. The van der Waals surface area contributed by atoms with Crippen molar-refractivity contribution in [1.29, 1.82) is 0 Å². The van der Waals surface area contributed by atoms with Gasteiger partial charge in [0.1, 0.15) is 0 Å². The van der Waals surface area contributed by atoms with Crippen molar-refractivity contribution in [3.8, 4) is 0 Å². The van der Waals surface area contributed by atoms with E-state index < -0.39 is 19.6 Å². The summed E-state index contributed by atoms with van der Waals surface area (Å²) in [5, 5.41) is 0. The van der Waals surface area contributed by atoms with E-state index in [-0.39, 0.29) is 0 Å². The lowest BCUT2D eigenvalue weighted by atomic mass is 10.9. The average Bonchev–Trinajstić information content (AvgIpc) is 2.19. The maximum atomic E-state index is 11.9. The van der Waals surface area contributed by atoms with Crippen molar-refractivity contribution in [2.24, 2.45) is 0 Å². The Morgan fingerprint density at radius 1 is 0.867 bits per heavy atom. The van der Waals surface area contributed by atoms with Crippen LogP contribution in [0.4, 0.5) is 9.59 Å². The zero-order chi connectivity index (χ0) is 12.2. The van der Waals surface area contributed by atoms with Gasteiger partial charge in [0.25, 0.3) is 11.1 Å². The molecule has 6 nitrogen and oxygen atoms in total. The lowest BCUT2D eigenvalue weighted by Gasteiger charge is -2.29. The van der Waals surface area contributed by atoms with Crippen molar-refractivity contribution in [1.82, 2.24) is 9.80 Å². The molecule has 2 amide bonds. The maximum Gasteiger partial charge on any atom is 0.529 e. The van der Waals surface area contributed by atoms with Crippen LogP contribution in [0.25, 0.3) is 0 Å². The summed E-state index contributed by atoms with van der Waals surface area (Å²) in [7, 11) is 5.38. The number of hydrogen-bond donors (Lipinski definition) is 0. The summed E-state index contributed by atoms with van der Waals surface area (Å²) in [4.78, 5) is 26.3. The van der Waals surface area contributed by atoms with Crippen molar-refractivity contribution >= 4 is 19.6 Å². The Morgan fingerprint density at radius 3 is 1.27 bits per heavy atom. The number of rotatable bonds is 4. The minimum Gasteiger partial charge on any atom is -0.386 e. The Bertz CT molecular complexity index is 229. The van der Waals surface area contributed by atoms with Crippen LogP contribution in [-0.2, 0) is 8.85 Å². The van der Waals surface area contributed by atoms with Crippen LogP contribution < -0.4 is 0 Å². The molecule has 0 rings (SSSR count). The summed E-state index contributed by atoms with van der Waals surface area (Å²) in [6, 6.07) is 0. The van der Waals surface area contributed by atoms with Crippen LogP contribution >= 0.6 is 0 Å². The summed E-state index contributed by atoms with van der Waals surface area (Å²) >= 11 is 0. The summed E-state index contributed by atoms with van der Waals surface area (Å²) in [5.41, 5.74) is -0.822. The number of carbonyl (C=O) groups is 2. The molecule has 0 saturated carbocycles. The highest BCUT2D eigenvalue weighted by Gasteiger charge is 2.55. The van der Waals surface area contributed by atoms with Crippen molar-refractivity contribution in [2.75, 3.05) is 42.4 Å². The number of nitrogens with zero attached hydrogens (tertiary/aromatic N) is 2. The second kappa shape index (κ2) is 5.24. The van der Waals surface area contributed by atoms with E-state index in [1.807, 2.05) is 0 Å². The second-order valence-corrected chi connectivity index (χ2v) is 6.33. The second-order valence-electron chi connectivity index (χ2n) is 3.42.